The molecule has 3 rings (SSSR count). The van der Waals surface area contributed by atoms with Crippen molar-refractivity contribution in [1.82, 2.24) is 14.9 Å². The van der Waals surface area contributed by atoms with Gasteiger partial charge in [0.2, 0.25) is 5.91 Å². The number of amides is 1. The lowest BCUT2D eigenvalue weighted by atomic mass is 9.89. The quantitative estimate of drug-likeness (QED) is 0.298. The average molecular weight is 440 g/mol. The zero-order valence-electron chi connectivity index (χ0n) is 20.4. The van der Waals surface area contributed by atoms with Crippen LogP contribution >= 0.6 is 0 Å². The Morgan fingerprint density at radius 3 is 2.47 bits per heavy atom. The summed E-state index contributed by atoms with van der Waals surface area (Å²) in [6.07, 6.45) is 19.7. The predicted molar refractivity (Wildman–Crippen MR) is 135 cm³/mol. The fourth-order valence-electron chi connectivity index (χ4n) is 5.10. The highest BCUT2D eigenvalue weighted by Crippen LogP contribution is 2.23. The molecule has 1 aromatic carbocycles. The number of carbonyl (C=O) groups is 1. The molecular formula is C28H45N3O. The highest BCUT2D eigenvalue weighted by molar-refractivity contribution is 5.78. The molecule has 0 aliphatic heterocycles. The van der Waals surface area contributed by atoms with Crippen molar-refractivity contribution in [3.63, 3.8) is 0 Å². The second-order valence-electron chi connectivity index (χ2n) is 9.73. The number of hydrogen-bond acceptors (Lipinski definition) is 2. The van der Waals surface area contributed by atoms with Gasteiger partial charge in [-0.05, 0) is 44.2 Å². The number of nitrogens with one attached hydrogen (secondary N) is 1. The molecule has 2 aromatic rings. The van der Waals surface area contributed by atoms with E-state index >= 15 is 0 Å². The number of unbranched alkanes of at least 4 members (excludes halogenated alkanes) is 8. The summed E-state index contributed by atoms with van der Waals surface area (Å²) in [5.41, 5.74) is 2.42. The van der Waals surface area contributed by atoms with Crippen molar-refractivity contribution >= 4 is 16.9 Å². The smallest absolute Gasteiger partial charge is 0.223 e. The van der Waals surface area contributed by atoms with Gasteiger partial charge in [0, 0.05) is 25.4 Å². The highest BCUT2D eigenvalue weighted by atomic mass is 16.1. The second kappa shape index (κ2) is 14.3. The first-order valence-corrected chi connectivity index (χ1v) is 13.5. The molecule has 0 spiro atoms. The largest absolute Gasteiger partial charge is 0.356 e. The lowest BCUT2D eigenvalue weighted by Gasteiger charge is -2.20. The topological polar surface area (TPSA) is 46.9 Å². The molecule has 1 aliphatic rings. The Kier molecular flexibility index (Phi) is 11.1. The van der Waals surface area contributed by atoms with Gasteiger partial charge in [-0.2, -0.15) is 0 Å². The third kappa shape index (κ3) is 7.94. The summed E-state index contributed by atoms with van der Waals surface area (Å²) in [6, 6.07) is 8.57. The number of carbonyl (C=O) groups excluding carboxylic acids is 1. The minimum atomic E-state index is 0.273. The molecule has 0 saturated heterocycles. The molecule has 178 valence electrons. The maximum absolute atomic E-state index is 12.3. The Hall–Kier alpha value is -1.84. The molecule has 1 saturated carbocycles. The van der Waals surface area contributed by atoms with Crippen LogP contribution < -0.4 is 5.32 Å². The van der Waals surface area contributed by atoms with E-state index in [0.717, 1.165) is 57.1 Å². The monoisotopic (exact) mass is 439 g/mol. The summed E-state index contributed by atoms with van der Waals surface area (Å²) in [5, 5.41) is 3.18. The summed E-state index contributed by atoms with van der Waals surface area (Å²) < 4.78 is 2.46. The number of benzene rings is 1. The molecule has 4 nitrogen and oxygen atoms in total. The fourth-order valence-corrected chi connectivity index (χ4v) is 5.10. The maximum atomic E-state index is 12.3. The van der Waals surface area contributed by atoms with Crippen LogP contribution in [-0.2, 0) is 17.8 Å². The van der Waals surface area contributed by atoms with Gasteiger partial charge < -0.3 is 9.88 Å². The third-order valence-electron chi connectivity index (χ3n) is 7.07. The van der Waals surface area contributed by atoms with Crippen LogP contribution in [0.2, 0.25) is 0 Å². The molecular weight excluding hydrogens is 394 g/mol. The molecule has 1 aromatic heterocycles. The van der Waals surface area contributed by atoms with Crippen LogP contribution in [0, 0.1) is 5.92 Å². The Labute approximate surface area is 195 Å². The first kappa shape index (κ1) is 24.8. The molecule has 0 radical (unpaired) electrons. The molecule has 0 bridgehead atoms. The van der Waals surface area contributed by atoms with Crippen molar-refractivity contribution in [2.24, 2.45) is 5.92 Å². The van der Waals surface area contributed by atoms with Crippen LogP contribution in [-0.4, -0.2) is 22.0 Å². The number of aryl methyl sites for hydroxylation is 2. The van der Waals surface area contributed by atoms with E-state index in [1.165, 1.54) is 75.5 Å². The van der Waals surface area contributed by atoms with E-state index < -0.39 is 0 Å². The number of hydrogen-bond donors (Lipinski definition) is 1. The summed E-state index contributed by atoms with van der Waals surface area (Å²) >= 11 is 0. The Balaban J connectivity index is 1.38. The van der Waals surface area contributed by atoms with Crippen molar-refractivity contribution < 1.29 is 4.79 Å². The van der Waals surface area contributed by atoms with Gasteiger partial charge in [0.1, 0.15) is 5.82 Å². The van der Waals surface area contributed by atoms with E-state index in [0.29, 0.717) is 5.91 Å². The summed E-state index contributed by atoms with van der Waals surface area (Å²) in [4.78, 5) is 17.2. The van der Waals surface area contributed by atoms with Crippen molar-refractivity contribution in [2.75, 3.05) is 6.54 Å². The third-order valence-corrected chi connectivity index (χ3v) is 7.07. The molecule has 1 heterocycles. The first-order valence-electron chi connectivity index (χ1n) is 13.5. The molecule has 4 heteroatoms. The van der Waals surface area contributed by atoms with E-state index in [1.807, 2.05) is 0 Å². The zero-order chi connectivity index (χ0) is 22.4. The molecule has 1 N–H and O–H groups in total. The van der Waals surface area contributed by atoms with Crippen molar-refractivity contribution in [2.45, 2.75) is 116 Å². The average Bonchev–Trinajstić information content (AvgIpc) is 3.18. The summed E-state index contributed by atoms with van der Waals surface area (Å²) in [7, 11) is 0. The maximum Gasteiger partial charge on any atom is 0.223 e. The van der Waals surface area contributed by atoms with Gasteiger partial charge in [-0.15, -0.1) is 0 Å². The number of fused-ring (bicyclic) bond motifs is 1. The highest BCUT2D eigenvalue weighted by Gasteiger charge is 2.20. The Bertz CT molecular complexity index is 791. The normalized spacial score (nSPS) is 14.8. The van der Waals surface area contributed by atoms with E-state index in [4.69, 9.17) is 4.98 Å². The molecule has 1 aliphatic carbocycles. The molecule has 0 unspecified atom stereocenters. The number of rotatable bonds is 15. The molecule has 32 heavy (non-hydrogen) atoms. The van der Waals surface area contributed by atoms with Gasteiger partial charge in [-0.3, -0.25) is 4.79 Å². The van der Waals surface area contributed by atoms with E-state index in [2.05, 4.69) is 41.1 Å². The SMILES string of the molecule is CCCCCCCCCn1c(CCCCCNC(=O)C2CCCCC2)nc2ccccc21. The van der Waals surface area contributed by atoms with Gasteiger partial charge in [0.25, 0.3) is 0 Å². The van der Waals surface area contributed by atoms with Crippen LogP contribution in [0.15, 0.2) is 24.3 Å². The summed E-state index contributed by atoms with van der Waals surface area (Å²) in [5.74, 6) is 1.81. The van der Waals surface area contributed by atoms with E-state index in [1.54, 1.807) is 0 Å². The minimum Gasteiger partial charge on any atom is -0.356 e. The standard InChI is InChI=1S/C28H45N3O/c1-2-3-4-5-6-7-16-23-31-26-20-14-13-19-25(26)30-27(31)21-12-9-15-22-29-28(32)24-17-10-8-11-18-24/h13-14,19-20,24H,2-12,15-18,21-23H2,1H3,(H,29,32). The van der Waals surface area contributed by atoms with Gasteiger partial charge in [0.05, 0.1) is 11.0 Å². The van der Waals surface area contributed by atoms with E-state index in [9.17, 15) is 4.79 Å². The number of nitrogens with zero attached hydrogens (tertiary/aromatic N) is 2. The minimum absolute atomic E-state index is 0.273. The molecule has 1 amide bonds. The van der Waals surface area contributed by atoms with Gasteiger partial charge in [-0.25, -0.2) is 4.98 Å². The summed E-state index contributed by atoms with van der Waals surface area (Å²) in [6.45, 7) is 4.18. The second-order valence-corrected chi connectivity index (χ2v) is 9.73. The van der Waals surface area contributed by atoms with Crippen molar-refractivity contribution in [3.8, 4) is 0 Å². The van der Waals surface area contributed by atoms with E-state index in [-0.39, 0.29) is 5.92 Å². The zero-order valence-corrected chi connectivity index (χ0v) is 20.4. The van der Waals surface area contributed by atoms with Gasteiger partial charge in [0.15, 0.2) is 0 Å². The number of para-hydroxylation sites is 2. The fraction of sp³-hybridized carbons (Fsp3) is 0.714. The first-order chi connectivity index (χ1) is 15.8. The van der Waals surface area contributed by atoms with Crippen LogP contribution in [0.25, 0.3) is 11.0 Å². The van der Waals surface area contributed by atoms with Crippen LogP contribution in [0.3, 0.4) is 0 Å². The van der Waals surface area contributed by atoms with Gasteiger partial charge >= 0.3 is 0 Å². The lowest BCUT2D eigenvalue weighted by molar-refractivity contribution is -0.125. The van der Waals surface area contributed by atoms with Crippen LogP contribution in [0.1, 0.15) is 109 Å². The van der Waals surface area contributed by atoms with Crippen LogP contribution in [0.5, 0.6) is 0 Å². The molecule has 1 fully saturated rings. The van der Waals surface area contributed by atoms with Gasteiger partial charge in [-0.1, -0.05) is 83.3 Å². The number of aromatic nitrogens is 2. The Morgan fingerprint density at radius 2 is 1.66 bits per heavy atom. The van der Waals surface area contributed by atoms with Crippen molar-refractivity contribution in [3.05, 3.63) is 30.1 Å². The Morgan fingerprint density at radius 1 is 0.938 bits per heavy atom. The van der Waals surface area contributed by atoms with Crippen molar-refractivity contribution in [1.29, 1.82) is 0 Å². The van der Waals surface area contributed by atoms with Crippen LogP contribution in [0.4, 0.5) is 0 Å². The number of imidazole rings is 1. The molecule has 0 atom stereocenters. The lowest BCUT2D eigenvalue weighted by Crippen LogP contribution is -2.32. The predicted octanol–water partition coefficient (Wildman–Crippen LogP) is 7.20.